The van der Waals surface area contributed by atoms with Crippen molar-refractivity contribution >= 4 is 53.1 Å². The topological polar surface area (TPSA) is 259 Å². The van der Waals surface area contributed by atoms with Crippen LogP contribution in [0.25, 0.3) is 0 Å². The van der Waals surface area contributed by atoms with Gasteiger partial charge in [-0.2, -0.15) is 0 Å². The molecule has 3 aromatic rings. The SMILES string of the molecule is CNC(C)C(=O)NC(C(=O)N1C[C@@H](c2ccc(CC(NC(=O)C(NC(=O)C(C)NC)C(C)(C)SCC(=O)NC(CO)CO)C(=O)N[C@@H]3CCCc4ccccc43)cc2)C[C@H]1C(=O)N[C@@H]1CCCc2ccccc21)C(C)(C)C. The van der Waals surface area contributed by atoms with Crippen molar-refractivity contribution in [2.75, 3.05) is 39.6 Å². The normalized spacial score (nSPS) is 20.3. The second kappa shape index (κ2) is 27.1. The number of aliphatic hydroxyl groups is 2. The molecule has 77 heavy (non-hydrogen) atoms. The number of likely N-dealkylation sites (N-methyl/N-ethyl adjacent to an activating group) is 2. The van der Waals surface area contributed by atoms with Crippen molar-refractivity contribution in [1.82, 2.24) is 47.4 Å². The van der Waals surface area contributed by atoms with Crippen LogP contribution in [0.3, 0.4) is 0 Å². The number of hydrogen-bond acceptors (Lipinski definition) is 12. The summed E-state index contributed by atoms with van der Waals surface area (Å²) in [4.78, 5) is 100. The van der Waals surface area contributed by atoms with Gasteiger partial charge in [-0.1, -0.05) is 93.6 Å². The molecule has 7 amide bonds. The minimum atomic E-state index is -1.24. The van der Waals surface area contributed by atoms with Crippen LogP contribution < -0.4 is 42.5 Å². The predicted molar refractivity (Wildman–Crippen MR) is 298 cm³/mol. The van der Waals surface area contributed by atoms with E-state index in [2.05, 4.69) is 54.7 Å². The number of likely N-dealkylation sites (tertiary alicyclic amines) is 1. The van der Waals surface area contributed by atoms with Gasteiger partial charge < -0.3 is 57.6 Å². The molecule has 6 rings (SSSR count). The van der Waals surface area contributed by atoms with Gasteiger partial charge >= 0.3 is 0 Å². The summed E-state index contributed by atoms with van der Waals surface area (Å²) in [5, 5.41) is 42.8. The summed E-state index contributed by atoms with van der Waals surface area (Å²) in [6, 6.07) is 16.9. The molecule has 3 aliphatic rings. The van der Waals surface area contributed by atoms with Gasteiger partial charge in [-0.25, -0.2) is 0 Å². The van der Waals surface area contributed by atoms with E-state index in [9.17, 15) is 43.8 Å². The molecule has 0 spiro atoms. The van der Waals surface area contributed by atoms with Crippen LogP contribution in [0.5, 0.6) is 0 Å². The van der Waals surface area contributed by atoms with Crippen LogP contribution in [0.15, 0.2) is 72.8 Å². The number of amides is 7. The van der Waals surface area contributed by atoms with Crippen molar-refractivity contribution in [2.45, 2.75) is 165 Å². The molecule has 1 fully saturated rings. The monoisotopic (exact) mass is 1080 g/mol. The Morgan fingerprint density at radius 3 is 1.73 bits per heavy atom. The number of carbonyl (C=O) groups excluding carboxylic acids is 7. The Morgan fingerprint density at radius 1 is 0.662 bits per heavy atom. The van der Waals surface area contributed by atoms with Crippen molar-refractivity contribution in [3.05, 3.63) is 106 Å². The molecule has 0 bridgehead atoms. The second-order valence-electron chi connectivity index (χ2n) is 22.5. The molecular formula is C58H83N9O9S. The van der Waals surface area contributed by atoms with E-state index in [1.54, 1.807) is 46.7 Å². The van der Waals surface area contributed by atoms with Gasteiger partial charge in [0.2, 0.25) is 41.4 Å². The summed E-state index contributed by atoms with van der Waals surface area (Å²) in [5.41, 5.74) is 5.29. The van der Waals surface area contributed by atoms with Gasteiger partial charge in [0.05, 0.1) is 49.2 Å². The number of nitrogens with zero attached hydrogens (tertiary/aromatic N) is 1. The lowest BCUT2D eigenvalue weighted by Crippen LogP contribution is -2.62. The zero-order valence-corrected chi connectivity index (χ0v) is 47.1. The van der Waals surface area contributed by atoms with Gasteiger partial charge in [0.1, 0.15) is 24.2 Å². The number of carbonyl (C=O) groups is 7. The summed E-state index contributed by atoms with van der Waals surface area (Å²) >= 11 is 1.10. The zero-order valence-electron chi connectivity index (χ0n) is 46.3. The predicted octanol–water partition coefficient (Wildman–Crippen LogP) is 3.00. The summed E-state index contributed by atoms with van der Waals surface area (Å²) in [6.45, 7) is 11.7. The number of rotatable bonds is 23. The van der Waals surface area contributed by atoms with E-state index >= 15 is 0 Å². The fourth-order valence-electron chi connectivity index (χ4n) is 10.5. The second-order valence-corrected chi connectivity index (χ2v) is 24.2. The molecule has 3 aromatic carbocycles. The van der Waals surface area contributed by atoms with E-state index in [4.69, 9.17) is 0 Å². The highest BCUT2D eigenvalue weighted by molar-refractivity contribution is 8.01. The van der Waals surface area contributed by atoms with Gasteiger partial charge in [0.15, 0.2) is 0 Å². The molecule has 9 atom stereocenters. The van der Waals surface area contributed by atoms with Gasteiger partial charge in [0, 0.05) is 23.6 Å². The lowest BCUT2D eigenvalue weighted by atomic mass is 9.85. The average Bonchev–Trinajstić information content (AvgIpc) is 3.89. The first-order chi connectivity index (χ1) is 36.6. The van der Waals surface area contributed by atoms with Crippen LogP contribution in [0.4, 0.5) is 0 Å². The zero-order chi connectivity index (χ0) is 56.2. The minimum absolute atomic E-state index is 0.0562. The average molecular weight is 1080 g/mol. The third-order valence-electron chi connectivity index (χ3n) is 15.5. The first-order valence-corrected chi connectivity index (χ1v) is 28.1. The Bertz CT molecular complexity index is 2550. The van der Waals surface area contributed by atoms with Gasteiger partial charge in [0.25, 0.3) is 0 Å². The molecule has 0 radical (unpaired) electrons. The van der Waals surface area contributed by atoms with Crippen molar-refractivity contribution in [2.24, 2.45) is 5.41 Å². The first-order valence-electron chi connectivity index (χ1n) is 27.1. The molecule has 1 aliphatic heterocycles. The molecule has 2 aliphatic carbocycles. The van der Waals surface area contributed by atoms with Crippen LogP contribution in [-0.4, -0.2) is 143 Å². The molecule has 18 nitrogen and oxygen atoms in total. The van der Waals surface area contributed by atoms with Gasteiger partial charge in [-0.3, -0.25) is 33.6 Å². The number of aliphatic hydroxyl groups excluding tert-OH is 2. The summed E-state index contributed by atoms with van der Waals surface area (Å²) in [5.74, 6) is -3.42. The largest absolute Gasteiger partial charge is 0.394 e. The highest BCUT2D eigenvalue weighted by Crippen LogP contribution is 2.37. The van der Waals surface area contributed by atoms with Crippen LogP contribution in [0.1, 0.15) is 132 Å². The number of fused-ring (bicyclic) bond motifs is 2. The van der Waals surface area contributed by atoms with Crippen LogP contribution in [0, 0.1) is 5.41 Å². The van der Waals surface area contributed by atoms with Crippen molar-refractivity contribution < 1.29 is 43.8 Å². The molecule has 0 saturated carbocycles. The first kappa shape index (κ1) is 60.4. The number of nitrogens with one attached hydrogen (secondary N) is 8. The highest BCUT2D eigenvalue weighted by atomic mass is 32.2. The molecule has 19 heteroatoms. The van der Waals surface area contributed by atoms with Gasteiger partial charge in [-0.15, -0.1) is 11.8 Å². The molecule has 1 heterocycles. The fraction of sp³-hybridized carbons (Fsp3) is 0.569. The Balaban J connectivity index is 1.29. The Kier molecular flexibility index (Phi) is 21.3. The number of aryl methyl sites for hydroxylation is 2. The highest BCUT2D eigenvalue weighted by Gasteiger charge is 2.46. The number of hydrogen-bond donors (Lipinski definition) is 10. The summed E-state index contributed by atoms with van der Waals surface area (Å²) in [6.07, 6.45) is 5.42. The Morgan fingerprint density at radius 2 is 1.19 bits per heavy atom. The van der Waals surface area contributed by atoms with E-state index in [1.165, 1.54) is 5.56 Å². The lowest BCUT2D eigenvalue weighted by Gasteiger charge is -2.36. The third-order valence-corrected chi connectivity index (χ3v) is 16.8. The van der Waals surface area contributed by atoms with Crippen molar-refractivity contribution in [3.63, 3.8) is 0 Å². The molecule has 1 saturated heterocycles. The summed E-state index contributed by atoms with van der Waals surface area (Å²) in [7, 11) is 3.29. The maximum Gasteiger partial charge on any atom is 0.246 e. The quantitative estimate of drug-likeness (QED) is 0.0658. The standard InChI is InChI=1S/C58H83N9O9S/c1-34(59-8)51(71)65-49(58(6,7)77-33-48(70)61-41(31-68)32-69)55(75)64-46(53(73)62-44-22-14-18-38-16-10-12-20-42(38)44)28-36-24-26-37(27-25-36)40-29-47(54(74)63-45-23-15-19-39-17-11-13-21-43(39)45)67(30-40)56(76)50(57(3,4)5)66-52(72)35(2)60-9/h10-13,16-17,20-21,24-27,34-35,40-41,44-47,49-50,59-60,68-69H,14-15,18-19,22-23,28-33H2,1-9H3,(H,61,70)(H,62,73)(H,63,74)(H,64,75)(H,65,71)(H,66,72)/t34?,35?,40-,44+,45+,46?,47-,49?,50?/m0/s1. The molecule has 10 N–H and O–H groups in total. The number of thioether (sulfide) groups is 1. The maximum absolute atomic E-state index is 14.9. The maximum atomic E-state index is 14.9. The minimum Gasteiger partial charge on any atom is -0.394 e. The van der Waals surface area contributed by atoms with Gasteiger partial charge in [-0.05, 0) is 126 Å². The van der Waals surface area contributed by atoms with Crippen LogP contribution in [-0.2, 0) is 52.8 Å². The fourth-order valence-corrected chi connectivity index (χ4v) is 11.4. The van der Waals surface area contributed by atoms with E-state index in [0.29, 0.717) is 18.4 Å². The van der Waals surface area contributed by atoms with Crippen molar-refractivity contribution in [3.8, 4) is 0 Å². The van der Waals surface area contributed by atoms with E-state index in [1.807, 2.05) is 81.4 Å². The summed E-state index contributed by atoms with van der Waals surface area (Å²) < 4.78 is -1.13. The molecular weight excluding hydrogens is 999 g/mol. The van der Waals surface area contributed by atoms with Crippen LogP contribution >= 0.6 is 11.8 Å². The Hall–Kier alpha value is -5.86. The molecule has 0 aromatic heterocycles. The third kappa shape index (κ3) is 15.7. The van der Waals surface area contributed by atoms with Crippen molar-refractivity contribution in [1.29, 1.82) is 0 Å². The van der Waals surface area contributed by atoms with E-state index in [0.717, 1.165) is 66.1 Å². The molecule has 420 valence electrons. The Labute approximate surface area is 458 Å². The smallest absolute Gasteiger partial charge is 0.246 e. The number of benzene rings is 3. The van der Waals surface area contributed by atoms with Crippen LogP contribution in [0.2, 0.25) is 0 Å². The lowest BCUT2D eigenvalue weighted by molar-refractivity contribution is -0.144. The van der Waals surface area contributed by atoms with E-state index in [-0.39, 0.29) is 54.4 Å². The molecule has 5 unspecified atom stereocenters. The van der Waals surface area contributed by atoms with E-state index < -0.39 is 89.3 Å².